The van der Waals surface area contributed by atoms with Crippen LogP contribution in [0, 0.1) is 0 Å². The molecule has 0 bridgehead atoms. The van der Waals surface area contributed by atoms with Crippen molar-refractivity contribution in [2.24, 2.45) is 0 Å². The molecule has 2 aromatic rings. The molecule has 5 heteroatoms. The second-order valence-corrected chi connectivity index (χ2v) is 3.93. The van der Waals surface area contributed by atoms with E-state index in [4.69, 9.17) is 4.74 Å². The van der Waals surface area contributed by atoms with E-state index in [1.807, 2.05) is 0 Å². The Bertz CT molecular complexity index is 591. The smallest absolute Gasteiger partial charge is 0.419 e. The topological polar surface area (TPSA) is 29.5 Å². The second-order valence-electron chi connectivity index (χ2n) is 3.93. The van der Waals surface area contributed by atoms with E-state index in [9.17, 15) is 18.3 Å². The number of hydrogen-bond acceptors (Lipinski definition) is 2. The third-order valence-electron chi connectivity index (χ3n) is 2.72. The molecule has 0 radical (unpaired) electrons. The SMILES string of the molecule is COc1ccc(-c2ccccc2O)cc1C(F)(F)F. The van der Waals surface area contributed by atoms with Gasteiger partial charge in [-0.2, -0.15) is 13.2 Å². The molecule has 0 heterocycles. The first-order valence-electron chi connectivity index (χ1n) is 5.47. The number of methoxy groups -OCH3 is 1. The molecule has 0 aliphatic rings. The van der Waals surface area contributed by atoms with Crippen LogP contribution in [0.3, 0.4) is 0 Å². The van der Waals surface area contributed by atoms with Crippen LogP contribution in [0.25, 0.3) is 11.1 Å². The number of para-hydroxylation sites is 1. The maximum absolute atomic E-state index is 12.9. The number of rotatable bonds is 2. The quantitative estimate of drug-likeness (QED) is 0.889. The number of phenols is 1. The van der Waals surface area contributed by atoms with E-state index in [2.05, 4.69) is 0 Å². The third-order valence-corrected chi connectivity index (χ3v) is 2.72. The molecule has 0 saturated carbocycles. The highest BCUT2D eigenvalue weighted by Crippen LogP contribution is 2.39. The molecule has 0 saturated heterocycles. The molecule has 0 aliphatic carbocycles. The van der Waals surface area contributed by atoms with E-state index in [0.717, 1.165) is 6.07 Å². The summed E-state index contributed by atoms with van der Waals surface area (Å²) in [5.74, 6) is -0.313. The largest absolute Gasteiger partial charge is 0.507 e. The molecular weight excluding hydrogens is 257 g/mol. The van der Waals surface area contributed by atoms with Gasteiger partial charge in [-0.25, -0.2) is 0 Å². The highest BCUT2D eigenvalue weighted by Gasteiger charge is 2.34. The Morgan fingerprint density at radius 1 is 1.05 bits per heavy atom. The van der Waals surface area contributed by atoms with Gasteiger partial charge in [-0.3, -0.25) is 0 Å². The third kappa shape index (κ3) is 2.65. The van der Waals surface area contributed by atoms with Crippen LogP contribution in [0.4, 0.5) is 13.2 Å². The monoisotopic (exact) mass is 268 g/mol. The highest BCUT2D eigenvalue weighted by atomic mass is 19.4. The van der Waals surface area contributed by atoms with Gasteiger partial charge < -0.3 is 9.84 Å². The fourth-order valence-corrected chi connectivity index (χ4v) is 1.81. The molecule has 0 unspecified atom stereocenters. The normalized spacial score (nSPS) is 11.4. The van der Waals surface area contributed by atoms with Gasteiger partial charge >= 0.3 is 6.18 Å². The van der Waals surface area contributed by atoms with Crippen LogP contribution in [-0.2, 0) is 6.18 Å². The van der Waals surface area contributed by atoms with Gasteiger partial charge in [0.15, 0.2) is 0 Å². The summed E-state index contributed by atoms with van der Waals surface area (Å²) in [5.41, 5.74) is -0.238. The lowest BCUT2D eigenvalue weighted by Gasteiger charge is -2.14. The molecule has 0 spiro atoms. The highest BCUT2D eigenvalue weighted by molar-refractivity contribution is 5.71. The van der Waals surface area contributed by atoms with Gasteiger partial charge in [-0.1, -0.05) is 24.3 Å². The summed E-state index contributed by atoms with van der Waals surface area (Å²) < 4.78 is 43.4. The van der Waals surface area contributed by atoms with E-state index >= 15 is 0 Å². The molecule has 0 amide bonds. The van der Waals surface area contributed by atoms with E-state index in [1.165, 1.54) is 25.3 Å². The Hall–Kier alpha value is -2.17. The van der Waals surface area contributed by atoms with Crippen molar-refractivity contribution in [2.45, 2.75) is 6.18 Å². The molecule has 19 heavy (non-hydrogen) atoms. The molecule has 2 rings (SSSR count). The van der Waals surface area contributed by atoms with Crippen LogP contribution in [0.1, 0.15) is 5.56 Å². The number of halogens is 3. The van der Waals surface area contributed by atoms with Crippen LogP contribution in [-0.4, -0.2) is 12.2 Å². The molecular formula is C14H11F3O2. The molecule has 0 fully saturated rings. The average molecular weight is 268 g/mol. The first-order valence-corrected chi connectivity index (χ1v) is 5.47. The number of ether oxygens (including phenoxy) is 1. The van der Waals surface area contributed by atoms with Crippen molar-refractivity contribution in [3.63, 3.8) is 0 Å². The first kappa shape index (κ1) is 13.3. The van der Waals surface area contributed by atoms with Crippen molar-refractivity contribution in [1.82, 2.24) is 0 Å². The van der Waals surface area contributed by atoms with Gasteiger partial charge in [0, 0.05) is 5.56 Å². The molecule has 2 nitrogen and oxygen atoms in total. The molecule has 0 aliphatic heterocycles. The van der Waals surface area contributed by atoms with E-state index < -0.39 is 11.7 Å². The van der Waals surface area contributed by atoms with E-state index in [0.29, 0.717) is 5.56 Å². The van der Waals surface area contributed by atoms with Crippen LogP contribution in [0.2, 0.25) is 0 Å². The zero-order chi connectivity index (χ0) is 14.0. The number of hydrogen-bond donors (Lipinski definition) is 1. The second kappa shape index (κ2) is 4.84. The van der Waals surface area contributed by atoms with Gasteiger partial charge in [0.25, 0.3) is 0 Å². The first-order chi connectivity index (χ1) is 8.93. The summed E-state index contributed by atoms with van der Waals surface area (Å²) in [6.07, 6.45) is -4.51. The van der Waals surface area contributed by atoms with Gasteiger partial charge in [-0.05, 0) is 23.8 Å². The fourth-order valence-electron chi connectivity index (χ4n) is 1.81. The van der Waals surface area contributed by atoms with Crippen molar-refractivity contribution >= 4 is 0 Å². The van der Waals surface area contributed by atoms with Gasteiger partial charge in [0.1, 0.15) is 11.5 Å². The predicted octanol–water partition coefficient (Wildman–Crippen LogP) is 4.09. The van der Waals surface area contributed by atoms with Crippen molar-refractivity contribution < 1.29 is 23.0 Å². The Morgan fingerprint density at radius 3 is 2.32 bits per heavy atom. The van der Waals surface area contributed by atoms with Gasteiger partial charge in [0.2, 0.25) is 0 Å². The molecule has 1 N–H and O–H groups in total. The van der Waals surface area contributed by atoms with Crippen molar-refractivity contribution in [2.75, 3.05) is 7.11 Å². The standard InChI is InChI=1S/C14H11F3O2/c1-19-13-7-6-9(8-11(13)14(15,16)17)10-4-2-3-5-12(10)18/h2-8,18H,1H3. The number of benzene rings is 2. The van der Waals surface area contributed by atoms with Gasteiger partial charge in [0.05, 0.1) is 12.7 Å². The summed E-state index contributed by atoms with van der Waals surface area (Å²) in [6, 6.07) is 9.91. The minimum atomic E-state index is -4.51. The summed E-state index contributed by atoms with van der Waals surface area (Å²) in [5, 5.41) is 9.67. The van der Waals surface area contributed by atoms with Crippen molar-refractivity contribution in [3.8, 4) is 22.6 Å². The predicted molar refractivity (Wildman–Crippen MR) is 65.1 cm³/mol. The summed E-state index contributed by atoms with van der Waals surface area (Å²) in [7, 11) is 1.18. The van der Waals surface area contributed by atoms with Gasteiger partial charge in [-0.15, -0.1) is 0 Å². The Labute approximate surface area is 108 Å². The number of phenolic OH excluding ortho intramolecular Hbond substituents is 1. The van der Waals surface area contributed by atoms with Crippen LogP contribution < -0.4 is 4.74 Å². The summed E-state index contributed by atoms with van der Waals surface area (Å²) in [6.45, 7) is 0. The minimum absolute atomic E-state index is 0.0687. The molecule has 2 aromatic carbocycles. The van der Waals surface area contributed by atoms with Crippen molar-refractivity contribution in [3.05, 3.63) is 48.0 Å². The minimum Gasteiger partial charge on any atom is -0.507 e. The number of aromatic hydroxyl groups is 1. The van der Waals surface area contributed by atoms with E-state index in [-0.39, 0.29) is 17.1 Å². The summed E-state index contributed by atoms with van der Waals surface area (Å²) >= 11 is 0. The Morgan fingerprint density at radius 2 is 1.74 bits per heavy atom. The zero-order valence-electron chi connectivity index (χ0n) is 10.0. The average Bonchev–Trinajstić information content (AvgIpc) is 2.37. The van der Waals surface area contributed by atoms with Crippen LogP contribution in [0.5, 0.6) is 11.5 Å². The van der Waals surface area contributed by atoms with E-state index in [1.54, 1.807) is 18.2 Å². The Kier molecular flexibility index (Phi) is 3.38. The lowest BCUT2D eigenvalue weighted by atomic mass is 10.0. The maximum atomic E-state index is 12.9. The molecule has 100 valence electrons. The number of alkyl halides is 3. The van der Waals surface area contributed by atoms with Crippen molar-refractivity contribution in [1.29, 1.82) is 0 Å². The fraction of sp³-hybridized carbons (Fsp3) is 0.143. The Balaban J connectivity index is 2.59. The van der Waals surface area contributed by atoms with Crippen LogP contribution >= 0.6 is 0 Å². The summed E-state index contributed by atoms with van der Waals surface area (Å²) in [4.78, 5) is 0. The van der Waals surface area contributed by atoms with Crippen LogP contribution in [0.15, 0.2) is 42.5 Å². The lowest BCUT2D eigenvalue weighted by molar-refractivity contribution is -0.138. The molecule has 0 atom stereocenters. The molecule has 0 aromatic heterocycles. The zero-order valence-corrected chi connectivity index (χ0v) is 10.0. The maximum Gasteiger partial charge on any atom is 0.419 e. The lowest BCUT2D eigenvalue weighted by Crippen LogP contribution is -2.07.